The van der Waals surface area contributed by atoms with Crippen molar-refractivity contribution < 1.29 is 27.1 Å². The summed E-state index contributed by atoms with van der Waals surface area (Å²) in [6.07, 6.45) is 0.190. The first-order valence-electron chi connectivity index (χ1n) is 14.2. The van der Waals surface area contributed by atoms with E-state index >= 15 is 0 Å². The van der Waals surface area contributed by atoms with Crippen molar-refractivity contribution in [3.8, 4) is 5.75 Å². The van der Waals surface area contributed by atoms with Gasteiger partial charge in [0.25, 0.3) is 10.0 Å². The van der Waals surface area contributed by atoms with Crippen LogP contribution in [0.3, 0.4) is 0 Å². The van der Waals surface area contributed by atoms with Gasteiger partial charge in [-0.05, 0) is 73.5 Å². The van der Waals surface area contributed by atoms with Crippen LogP contribution in [-0.2, 0) is 32.6 Å². The van der Waals surface area contributed by atoms with Gasteiger partial charge < -0.3 is 15.0 Å². The molecule has 2 amide bonds. The minimum atomic E-state index is -4.23. The molecule has 10 heteroatoms. The number of carbonyl (C=O) groups excluding carboxylic acids is 2. The Morgan fingerprint density at radius 3 is 2.09 bits per heavy atom. The van der Waals surface area contributed by atoms with Gasteiger partial charge in [-0.25, -0.2) is 12.8 Å². The van der Waals surface area contributed by atoms with Gasteiger partial charge in [0.2, 0.25) is 11.8 Å². The third-order valence-corrected chi connectivity index (χ3v) is 8.92. The summed E-state index contributed by atoms with van der Waals surface area (Å²) >= 11 is 0. The lowest BCUT2D eigenvalue weighted by molar-refractivity contribution is -0.140. The van der Waals surface area contributed by atoms with E-state index in [-0.39, 0.29) is 23.8 Å². The number of ether oxygens (including phenoxy) is 1. The van der Waals surface area contributed by atoms with Crippen LogP contribution in [0.1, 0.15) is 23.6 Å². The van der Waals surface area contributed by atoms with Crippen molar-refractivity contribution in [2.75, 3.05) is 24.5 Å². The van der Waals surface area contributed by atoms with Crippen LogP contribution in [0.2, 0.25) is 0 Å². The fraction of sp³-hybridized carbons (Fsp3) is 0.235. The lowest BCUT2D eigenvalue weighted by Crippen LogP contribution is -2.53. The number of hydrogen-bond acceptors (Lipinski definition) is 5. The molecule has 4 rings (SSSR count). The van der Waals surface area contributed by atoms with Crippen molar-refractivity contribution in [1.29, 1.82) is 0 Å². The van der Waals surface area contributed by atoms with Gasteiger partial charge >= 0.3 is 0 Å². The van der Waals surface area contributed by atoms with Gasteiger partial charge in [-0.3, -0.25) is 13.9 Å². The number of carbonyl (C=O) groups is 2. The molecule has 0 aliphatic heterocycles. The molecular weight excluding hydrogens is 581 g/mol. The van der Waals surface area contributed by atoms with Crippen molar-refractivity contribution in [2.45, 2.75) is 37.8 Å². The zero-order chi connectivity index (χ0) is 31.7. The van der Waals surface area contributed by atoms with Crippen molar-refractivity contribution in [2.24, 2.45) is 0 Å². The topological polar surface area (TPSA) is 96.0 Å². The molecule has 0 radical (unpaired) electrons. The van der Waals surface area contributed by atoms with Gasteiger partial charge in [0, 0.05) is 19.5 Å². The molecule has 0 aliphatic carbocycles. The summed E-state index contributed by atoms with van der Waals surface area (Å²) in [5, 5.41) is 2.82. The normalized spacial score (nSPS) is 11.8. The fourth-order valence-corrected chi connectivity index (χ4v) is 6.16. The number of methoxy groups -OCH3 is 1. The number of nitrogens with one attached hydrogen (secondary N) is 1. The summed E-state index contributed by atoms with van der Waals surface area (Å²) in [5.74, 6) is -0.934. The Morgan fingerprint density at radius 2 is 1.50 bits per heavy atom. The van der Waals surface area contributed by atoms with E-state index in [2.05, 4.69) is 5.32 Å². The smallest absolute Gasteiger partial charge is 0.264 e. The Balaban J connectivity index is 1.78. The Labute approximate surface area is 258 Å². The summed E-state index contributed by atoms with van der Waals surface area (Å²) in [4.78, 5) is 29.2. The Kier molecular flexibility index (Phi) is 10.7. The molecule has 1 N–H and O–H groups in total. The van der Waals surface area contributed by atoms with Gasteiger partial charge in [-0.15, -0.1) is 0 Å². The lowest BCUT2D eigenvalue weighted by atomic mass is 10.0. The maximum atomic E-state index is 14.3. The number of rotatable bonds is 13. The molecule has 230 valence electrons. The molecule has 0 saturated heterocycles. The number of amides is 2. The van der Waals surface area contributed by atoms with Crippen LogP contribution in [0.4, 0.5) is 10.1 Å². The largest absolute Gasteiger partial charge is 0.497 e. The first-order valence-corrected chi connectivity index (χ1v) is 15.7. The number of aryl methyl sites for hydroxylation is 1. The lowest BCUT2D eigenvalue weighted by Gasteiger charge is -2.33. The molecule has 0 bridgehead atoms. The molecule has 0 saturated carbocycles. The van der Waals surface area contributed by atoms with Crippen molar-refractivity contribution >= 4 is 27.5 Å². The second kappa shape index (κ2) is 14.7. The second-order valence-electron chi connectivity index (χ2n) is 10.3. The summed E-state index contributed by atoms with van der Waals surface area (Å²) < 4.78 is 48.1. The van der Waals surface area contributed by atoms with Crippen LogP contribution >= 0.6 is 0 Å². The monoisotopic (exact) mass is 617 g/mol. The van der Waals surface area contributed by atoms with Crippen LogP contribution < -0.4 is 14.4 Å². The van der Waals surface area contributed by atoms with Gasteiger partial charge in [-0.1, -0.05) is 60.2 Å². The second-order valence-corrected chi connectivity index (χ2v) is 12.1. The van der Waals surface area contributed by atoms with Crippen LogP contribution in [0.25, 0.3) is 0 Å². The molecule has 0 aliphatic rings. The number of sulfonamides is 1. The van der Waals surface area contributed by atoms with Crippen LogP contribution in [-0.4, -0.2) is 51.4 Å². The number of halogens is 1. The van der Waals surface area contributed by atoms with Gasteiger partial charge in [-0.2, -0.15) is 0 Å². The highest BCUT2D eigenvalue weighted by Gasteiger charge is 2.34. The molecule has 0 aromatic heterocycles. The Hall–Kier alpha value is -4.70. The van der Waals surface area contributed by atoms with Crippen LogP contribution in [0, 0.1) is 12.7 Å². The fourth-order valence-electron chi connectivity index (χ4n) is 4.75. The average molecular weight is 618 g/mol. The third kappa shape index (κ3) is 8.02. The zero-order valence-corrected chi connectivity index (χ0v) is 25.8. The molecule has 0 spiro atoms. The van der Waals surface area contributed by atoms with E-state index in [0.29, 0.717) is 23.5 Å². The molecular formula is C34H36FN3O5S. The van der Waals surface area contributed by atoms with E-state index in [1.54, 1.807) is 43.3 Å². The molecule has 8 nitrogen and oxygen atoms in total. The number of anilines is 1. The minimum Gasteiger partial charge on any atom is -0.497 e. The standard InChI is InChI=1S/C34H36FN3O5S/c1-4-36-34(40)32(22-26-8-6-5-7-9-26)37(23-27-12-14-28(35)15-13-27)33(39)24-38(29-16-10-25(2)11-17-29)44(41,42)31-20-18-30(43-3)19-21-31/h5-21,32H,4,22-24H2,1-3H3,(H,36,40)/t32-/m1/s1. The molecule has 4 aromatic rings. The Morgan fingerprint density at radius 1 is 0.864 bits per heavy atom. The summed E-state index contributed by atoms with van der Waals surface area (Å²) in [7, 11) is -2.75. The maximum Gasteiger partial charge on any atom is 0.264 e. The summed E-state index contributed by atoms with van der Waals surface area (Å²) in [6, 6.07) is 26.6. The van der Waals surface area contributed by atoms with Crippen molar-refractivity contribution in [3.63, 3.8) is 0 Å². The van der Waals surface area contributed by atoms with Gasteiger partial charge in [0.05, 0.1) is 17.7 Å². The summed E-state index contributed by atoms with van der Waals surface area (Å²) in [6.45, 7) is 3.37. The van der Waals surface area contributed by atoms with Gasteiger partial charge in [0.1, 0.15) is 24.2 Å². The third-order valence-electron chi connectivity index (χ3n) is 7.14. The maximum absolute atomic E-state index is 14.3. The van der Waals surface area contributed by atoms with Gasteiger partial charge in [0.15, 0.2) is 0 Å². The highest BCUT2D eigenvalue weighted by Crippen LogP contribution is 2.26. The Bertz CT molecular complexity index is 1650. The van der Waals surface area contributed by atoms with E-state index in [9.17, 15) is 22.4 Å². The zero-order valence-electron chi connectivity index (χ0n) is 24.9. The van der Waals surface area contributed by atoms with Crippen LogP contribution in [0.5, 0.6) is 5.75 Å². The number of likely N-dealkylation sites (N-methyl/N-ethyl adjacent to an activating group) is 1. The molecule has 1 atom stereocenters. The summed E-state index contributed by atoms with van der Waals surface area (Å²) in [5.41, 5.74) is 2.61. The predicted octanol–water partition coefficient (Wildman–Crippen LogP) is 5.11. The highest BCUT2D eigenvalue weighted by molar-refractivity contribution is 7.92. The number of nitrogens with zero attached hydrogens (tertiary/aromatic N) is 2. The van der Waals surface area contributed by atoms with Crippen molar-refractivity contribution in [1.82, 2.24) is 10.2 Å². The van der Waals surface area contributed by atoms with E-state index < -0.39 is 34.3 Å². The SMILES string of the molecule is CCNC(=O)[C@@H](Cc1ccccc1)N(Cc1ccc(F)cc1)C(=O)CN(c1ccc(C)cc1)S(=O)(=O)c1ccc(OC)cc1. The first kappa shape index (κ1) is 32.2. The molecule has 0 heterocycles. The minimum absolute atomic E-state index is 0.0266. The molecule has 0 unspecified atom stereocenters. The number of hydrogen-bond donors (Lipinski definition) is 1. The van der Waals surface area contributed by atoms with Crippen molar-refractivity contribution in [3.05, 3.63) is 126 Å². The molecule has 0 fully saturated rings. The highest BCUT2D eigenvalue weighted by atomic mass is 32.2. The average Bonchev–Trinajstić information content (AvgIpc) is 3.03. The number of benzene rings is 4. The van der Waals surface area contributed by atoms with Crippen LogP contribution in [0.15, 0.2) is 108 Å². The van der Waals surface area contributed by atoms with E-state index in [1.165, 1.54) is 48.4 Å². The quantitative estimate of drug-likeness (QED) is 0.225. The molecule has 4 aromatic carbocycles. The van der Waals surface area contributed by atoms with E-state index in [4.69, 9.17) is 4.74 Å². The van der Waals surface area contributed by atoms with E-state index in [0.717, 1.165) is 15.4 Å². The molecule has 44 heavy (non-hydrogen) atoms. The van der Waals surface area contributed by atoms with E-state index in [1.807, 2.05) is 37.3 Å². The first-order chi connectivity index (χ1) is 21.1. The predicted molar refractivity (Wildman–Crippen MR) is 168 cm³/mol.